The second-order valence-electron chi connectivity index (χ2n) is 6.13. The number of nitrogens with zero attached hydrogens (tertiary/aromatic N) is 2. The van der Waals surface area contributed by atoms with Crippen molar-refractivity contribution in [3.63, 3.8) is 0 Å². The summed E-state index contributed by atoms with van der Waals surface area (Å²) in [5, 5.41) is 12.9. The minimum absolute atomic E-state index is 0.000372. The molecule has 0 saturated heterocycles. The molecular weight excluding hydrogens is 328 g/mol. The zero-order chi connectivity index (χ0) is 16.4. The van der Waals surface area contributed by atoms with E-state index in [4.69, 9.17) is 0 Å². The standard InChI is InChI=1S/C16H22N4OS2/c1-9-8-22-16(17-9)23-13-6-4-12(5-7-13)18-15(21)14-10(2)19-20-11(14)3/h8,12-13H,4-7H2,1-3H3,(H,18,21)(H,19,20). The molecule has 1 amide bonds. The lowest BCUT2D eigenvalue weighted by atomic mass is 9.94. The molecule has 2 N–H and O–H groups in total. The fourth-order valence-corrected chi connectivity index (χ4v) is 5.28. The highest BCUT2D eigenvalue weighted by molar-refractivity contribution is 8.01. The first-order chi connectivity index (χ1) is 11.0. The Balaban J connectivity index is 1.50. The molecule has 3 rings (SSSR count). The van der Waals surface area contributed by atoms with Crippen molar-refractivity contribution >= 4 is 29.0 Å². The summed E-state index contributed by atoms with van der Waals surface area (Å²) in [5.74, 6) is 0.000372. The zero-order valence-corrected chi connectivity index (χ0v) is 15.3. The van der Waals surface area contributed by atoms with Gasteiger partial charge in [0, 0.05) is 28.1 Å². The number of aryl methyl sites for hydroxylation is 3. The molecule has 7 heteroatoms. The molecule has 1 aliphatic rings. The minimum atomic E-state index is 0.000372. The fraction of sp³-hybridized carbons (Fsp3) is 0.562. The van der Waals surface area contributed by atoms with Crippen LogP contribution < -0.4 is 5.32 Å². The molecule has 2 heterocycles. The molecule has 2 aromatic rings. The van der Waals surface area contributed by atoms with Crippen molar-refractivity contribution in [3.8, 4) is 0 Å². The molecule has 1 aliphatic carbocycles. The molecule has 0 aliphatic heterocycles. The lowest BCUT2D eigenvalue weighted by Crippen LogP contribution is -2.38. The van der Waals surface area contributed by atoms with E-state index in [2.05, 4.69) is 25.9 Å². The van der Waals surface area contributed by atoms with Gasteiger partial charge in [0.25, 0.3) is 5.91 Å². The van der Waals surface area contributed by atoms with Gasteiger partial charge in [-0.05, 0) is 46.5 Å². The molecule has 0 radical (unpaired) electrons. The third-order valence-corrected chi connectivity index (χ3v) is 6.66. The minimum Gasteiger partial charge on any atom is -0.349 e. The van der Waals surface area contributed by atoms with Gasteiger partial charge in [0.15, 0.2) is 0 Å². The van der Waals surface area contributed by atoms with E-state index < -0.39 is 0 Å². The maximum Gasteiger partial charge on any atom is 0.255 e. The van der Waals surface area contributed by atoms with Gasteiger partial charge in [-0.1, -0.05) is 11.8 Å². The van der Waals surface area contributed by atoms with Crippen LogP contribution in [-0.4, -0.2) is 32.4 Å². The van der Waals surface area contributed by atoms with E-state index in [9.17, 15) is 4.79 Å². The van der Waals surface area contributed by atoms with E-state index in [1.165, 1.54) is 4.34 Å². The van der Waals surface area contributed by atoms with Crippen LogP contribution in [0.2, 0.25) is 0 Å². The summed E-state index contributed by atoms with van der Waals surface area (Å²) in [7, 11) is 0. The summed E-state index contributed by atoms with van der Waals surface area (Å²) < 4.78 is 1.17. The summed E-state index contributed by atoms with van der Waals surface area (Å²) in [6.07, 6.45) is 4.31. The maximum absolute atomic E-state index is 12.4. The molecular formula is C16H22N4OS2. The number of rotatable bonds is 4. The monoisotopic (exact) mass is 350 g/mol. The van der Waals surface area contributed by atoms with Crippen LogP contribution in [0.3, 0.4) is 0 Å². The largest absolute Gasteiger partial charge is 0.349 e. The molecule has 2 aromatic heterocycles. The van der Waals surface area contributed by atoms with Crippen molar-refractivity contribution in [2.75, 3.05) is 0 Å². The van der Waals surface area contributed by atoms with Gasteiger partial charge in [0.2, 0.25) is 0 Å². The van der Waals surface area contributed by atoms with Crippen LogP contribution in [0.1, 0.15) is 53.1 Å². The predicted octanol–water partition coefficient (Wildman–Crippen LogP) is 3.62. The smallest absolute Gasteiger partial charge is 0.255 e. The van der Waals surface area contributed by atoms with E-state index in [-0.39, 0.29) is 11.9 Å². The fourth-order valence-electron chi connectivity index (χ4n) is 3.00. The van der Waals surface area contributed by atoms with Gasteiger partial charge < -0.3 is 5.32 Å². The number of carbonyl (C=O) groups excluding carboxylic acids is 1. The number of thiazole rings is 1. The maximum atomic E-state index is 12.4. The normalized spacial score (nSPS) is 21.3. The van der Waals surface area contributed by atoms with Gasteiger partial charge in [-0.3, -0.25) is 9.89 Å². The van der Waals surface area contributed by atoms with E-state index >= 15 is 0 Å². The van der Waals surface area contributed by atoms with E-state index in [0.717, 1.165) is 42.8 Å². The summed E-state index contributed by atoms with van der Waals surface area (Å²) in [5.41, 5.74) is 3.40. The highest BCUT2D eigenvalue weighted by Gasteiger charge is 2.25. The van der Waals surface area contributed by atoms with Gasteiger partial charge in [-0.2, -0.15) is 5.10 Å². The Morgan fingerprint density at radius 1 is 1.30 bits per heavy atom. The van der Waals surface area contributed by atoms with Crippen molar-refractivity contribution in [3.05, 3.63) is 28.0 Å². The molecule has 124 valence electrons. The predicted molar refractivity (Wildman–Crippen MR) is 94.3 cm³/mol. The zero-order valence-electron chi connectivity index (χ0n) is 13.7. The highest BCUT2D eigenvalue weighted by atomic mass is 32.2. The van der Waals surface area contributed by atoms with Crippen molar-refractivity contribution in [1.29, 1.82) is 0 Å². The second-order valence-corrected chi connectivity index (χ2v) is 8.53. The first-order valence-corrected chi connectivity index (χ1v) is 9.70. The van der Waals surface area contributed by atoms with E-state index in [0.29, 0.717) is 10.8 Å². The molecule has 5 nitrogen and oxygen atoms in total. The highest BCUT2D eigenvalue weighted by Crippen LogP contribution is 2.35. The van der Waals surface area contributed by atoms with Gasteiger partial charge >= 0.3 is 0 Å². The SMILES string of the molecule is Cc1csc(SC2CCC(NC(=O)c3c(C)n[nH]c3C)CC2)n1. The van der Waals surface area contributed by atoms with Crippen LogP contribution in [0.25, 0.3) is 0 Å². The Kier molecular flexibility index (Phi) is 5.06. The Morgan fingerprint density at radius 3 is 2.61 bits per heavy atom. The average molecular weight is 351 g/mol. The number of nitrogens with one attached hydrogen (secondary N) is 2. The van der Waals surface area contributed by atoms with Gasteiger partial charge in [-0.15, -0.1) is 11.3 Å². The van der Waals surface area contributed by atoms with Crippen LogP contribution in [-0.2, 0) is 0 Å². The molecule has 0 atom stereocenters. The van der Waals surface area contributed by atoms with Crippen LogP contribution in [0, 0.1) is 20.8 Å². The molecule has 0 bridgehead atoms. The average Bonchev–Trinajstić information content (AvgIpc) is 3.07. The number of hydrogen-bond donors (Lipinski definition) is 2. The van der Waals surface area contributed by atoms with E-state index in [1.54, 1.807) is 11.3 Å². The number of thioether (sulfide) groups is 1. The Morgan fingerprint density at radius 2 is 2.04 bits per heavy atom. The molecule has 0 unspecified atom stereocenters. The Bertz CT molecular complexity index is 667. The van der Waals surface area contributed by atoms with Gasteiger partial charge in [0.05, 0.1) is 11.3 Å². The van der Waals surface area contributed by atoms with Crippen LogP contribution >= 0.6 is 23.1 Å². The number of aromatic nitrogens is 3. The first-order valence-electron chi connectivity index (χ1n) is 7.94. The summed E-state index contributed by atoms with van der Waals surface area (Å²) in [6.45, 7) is 5.78. The number of amides is 1. The number of H-pyrrole nitrogens is 1. The summed E-state index contributed by atoms with van der Waals surface area (Å²) in [6, 6.07) is 0.270. The summed E-state index contributed by atoms with van der Waals surface area (Å²) in [4.78, 5) is 16.9. The number of carbonyl (C=O) groups is 1. The molecule has 0 spiro atoms. The lowest BCUT2D eigenvalue weighted by molar-refractivity contribution is 0.0927. The Hall–Kier alpha value is -1.34. The molecule has 1 saturated carbocycles. The quantitative estimate of drug-likeness (QED) is 0.883. The molecule has 1 fully saturated rings. The molecule has 0 aromatic carbocycles. The molecule has 23 heavy (non-hydrogen) atoms. The topological polar surface area (TPSA) is 70.7 Å². The third-order valence-electron chi connectivity index (χ3n) is 4.23. The number of aromatic amines is 1. The second kappa shape index (κ2) is 7.05. The van der Waals surface area contributed by atoms with Crippen molar-refractivity contribution < 1.29 is 4.79 Å². The first kappa shape index (κ1) is 16.5. The van der Waals surface area contributed by atoms with Crippen molar-refractivity contribution in [1.82, 2.24) is 20.5 Å². The van der Waals surface area contributed by atoms with Gasteiger partial charge in [0.1, 0.15) is 4.34 Å². The van der Waals surface area contributed by atoms with Gasteiger partial charge in [-0.25, -0.2) is 4.98 Å². The van der Waals surface area contributed by atoms with Crippen molar-refractivity contribution in [2.24, 2.45) is 0 Å². The van der Waals surface area contributed by atoms with Crippen LogP contribution in [0.4, 0.5) is 0 Å². The van der Waals surface area contributed by atoms with Crippen LogP contribution in [0.15, 0.2) is 9.72 Å². The Labute approximate surface area is 144 Å². The van der Waals surface area contributed by atoms with Crippen molar-refractivity contribution in [2.45, 2.75) is 62.1 Å². The van der Waals surface area contributed by atoms with Crippen LogP contribution in [0.5, 0.6) is 0 Å². The van der Waals surface area contributed by atoms with E-state index in [1.807, 2.05) is 32.5 Å². The summed E-state index contributed by atoms with van der Waals surface area (Å²) >= 11 is 3.62. The third kappa shape index (κ3) is 3.95. The lowest BCUT2D eigenvalue weighted by Gasteiger charge is -2.28. The number of hydrogen-bond acceptors (Lipinski definition) is 5.